The second-order valence-corrected chi connectivity index (χ2v) is 7.33. The lowest BCUT2D eigenvalue weighted by Gasteiger charge is -2.37. The molecule has 6 nitrogen and oxygen atoms in total. The monoisotopic (exact) mass is 344 g/mol. The number of rotatable bonds is 4. The number of carbonyl (C=O) groups is 1. The van der Waals surface area contributed by atoms with E-state index in [0.717, 1.165) is 36.0 Å². The van der Waals surface area contributed by atoms with Crippen LogP contribution in [0.3, 0.4) is 0 Å². The molecular weight excluding hydrogens is 316 g/mol. The summed E-state index contributed by atoms with van der Waals surface area (Å²) in [6.45, 7) is 8.97. The van der Waals surface area contributed by atoms with Gasteiger partial charge in [0.15, 0.2) is 5.65 Å². The highest BCUT2D eigenvalue weighted by Gasteiger charge is 2.30. The first-order valence-electron chi connectivity index (χ1n) is 9.22. The maximum Gasteiger partial charge on any atom is 0.254 e. The van der Waals surface area contributed by atoms with Crippen molar-refractivity contribution in [2.24, 2.45) is 5.92 Å². The van der Waals surface area contributed by atoms with E-state index in [9.17, 15) is 9.90 Å². The van der Waals surface area contributed by atoms with E-state index >= 15 is 0 Å². The highest BCUT2D eigenvalue weighted by Crippen LogP contribution is 2.27. The van der Waals surface area contributed by atoms with Gasteiger partial charge in [-0.2, -0.15) is 5.10 Å². The molecule has 3 heterocycles. The van der Waals surface area contributed by atoms with E-state index in [-0.39, 0.29) is 30.5 Å². The maximum absolute atomic E-state index is 13.3. The van der Waals surface area contributed by atoms with Crippen LogP contribution >= 0.6 is 0 Å². The minimum Gasteiger partial charge on any atom is -0.396 e. The van der Waals surface area contributed by atoms with Crippen LogP contribution in [-0.2, 0) is 0 Å². The van der Waals surface area contributed by atoms with Crippen molar-refractivity contribution in [3.63, 3.8) is 0 Å². The number of aromatic nitrogens is 3. The third kappa shape index (κ3) is 3.27. The summed E-state index contributed by atoms with van der Waals surface area (Å²) >= 11 is 0. The zero-order valence-corrected chi connectivity index (χ0v) is 15.6. The molecule has 6 heteroatoms. The van der Waals surface area contributed by atoms with Crippen LogP contribution in [0.4, 0.5) is 0 Å². The van der Waals surface area contributed by atoms with Gasteiger partial charge in [0.05, 0.1) is 23.2 Å². The van der Waals surface area contributed by atoms with E-state index in [0.29, 0.717) is 12.1 Å². The number of hydrogen-bond donors (Lipinski definition) is 1. The SMILES string of the molecule is CCC(C)n1ncc2c(C(=O)N3CC(CO)CCC3C)cc(C)nc21. The first-order chi connectivity index (χ1) is 12.0. The largest absolute Gasteiger partial charge is 0.396 e. The predicted octanol–water partition coefficient (Wildman–Crippen LogP) is 2.94. The maximum atomic E-state index is 13.3. The number of amides is 1. The summed E-state index contributed by atoms with van der Waals surface area (Å²) < 4.78 is 1.91. The molecule has 0 bridgehead atoms. The van der Waals surface area contributed by atoms with Gasteiger partial charge in [0.25, 0.3) is 5.91 Å². The lowest BCUT2D eigenvalue weighted by molar-refractivity contribution is 0.0490. The fraction of sp³-hybridized carbons (Fsp3) is 0.632. The van der Waals surface area contributed by atoms with Gasteiger partial charge >= 0.3 is 0 Å². The van der Waals surface area contributed by atoms with Gasteiger partial charge in [-0.15, -0.1) is 0 Å². The van der Waals surface area contributed by atoms with Gasteiger partial charge in [0.2, 0.25) is 0 Å². The third-order valence-electron chi connectivity index (χ3n) is 5.43. The Morgan fingerprint density at radius 1 is 1.44 bits per heavy atom. The molecule has 3 rings (SSSR count). The van der Waals surface area contributed by atoms with Crippen LogP contribution < -0.4 is 0 Å². The second-order valence-electron chi connectivity index (χ2n) is 7.33. The molecule has 25 heavy (non-hydrogen) atoms. The first-order valence-corrected chi connectivity index (χ1v) is 9.22. The third-order valence-corrected chi connectivity index (χ3v) is 5.43. The summed E-state index contributed by atoms with van der Waals surface area (Å²) in [7, 11) is 0. The normalized spacial score (nSPS) is 22.4. The summed E-state index contributed by atoms with van der Waals surface area (Å²) in [6.07, 6.45) is 4.62. The van der Waals surface area contributed by atoms with E-state index < -0.39 is 0 Å². The fourth-order valence-corrected chi connectivity index (χ4v) is 3.58. The molecule has 136 valence electrons. The van der Waals surface area contributed by atoms with Crippen molar-refractivity contribution in [1.29, 1.82) is 0 Å². The Bertz CT molecular complexity index is 770. The van der Waals surface area contributed by atoms with Gasteiger partial charge < -0.3 is 10.0 Å². The minimum atomic E-state index is 0.0184. The second kappa shape index (κ2) is 7.12. The van der Waals surface area contributed by atoms with Crippen LogP contribution in [0, 0.1) is 12.8 Å². The summed E-state index contributed by atoms with van der Waals surface area (Å²) in [5.41, 5.74) is 2.27. The van der Waals surface area contributed by atoms with Crippen molar-refractivity contribution >= 4 is 16.9 Å². The summed E-state index contributed by atoms with van der Waals surface area (Å²) in [6, 6.07) is 2.29. The molecule has 1 saturated heterocycles. The molecule has 1 aliphatic heterocycles. The van der Waals surface area contributed by atoms with E-state index in [1.807, 2.05) is 22.6 Å². The van der Waals surface area contributed by atoms with Crippen LogP contribution in [-0.4, -0.2) is 49.9 Å². The minimum absolute atomic E-state index is 0.0184. The van der Waals surface area contributed by atoms with Gasteiger partial charge in [0, 0.05) is 24.9 Å². The van der Waals surface area contributed by atoms with Crippen molar-refractivity contribution in [3.8, 4) is 0 Å². The van der Waals surface area contributed by atoms with Crippen LogP contribution in [0.25, 0.3) is 11.0 Å². The number of piperidine rings is 1. The summed E-state index contributed by atoms with van der Waals surface area (Å²) in [5.74, 6) is 0.186. The average molecular weight is 344 g/mol. The van der Waals surface area contributed by atoms with E-state index in [1.54, 1.807) is 6.20 Å². The molecule has 2 aromatic rings. The van der Waals surface area contributed by atoms with E-state index in [2.05, 4.69) is 30.9 Å². The molecule has 3 unspecified atom stereocenters. The quantitative estimate of drug-likeness (QED) is 0.926. The van der Waals surface area contributed by atoms with Gasteiger partial charge in [0.1, 0.15) is 0 Å². The lowest BCUT2D eigenvalue weighted by atomic mass is 9.93. The highest BCUT2D eigenvalue weighted by atomic mass is 16.3. The molecule has 1 N–H and O–H groups in total. The molecule has 0 radical (unpaired) electrons. The molecule has 0 aliphatic carbocycles. The molecule has 1 aliphatic rings. The lowest BCUT2D eigenvalue weighted by Crippen LogP contribution is -2.46. The Balaban J connectivity index is 2.03. The molecule has 0 spiro atoms. The van der Waals surface area contributed by atoms with Crippen LogP contribution in [0.2, 0.25) is 0 Å². The molecule has 1 amide bonds. The molecule has 2 aromatic heterocycles. The highest BCUT2D eigenvalue weighted by molar-refractivity contribution is 6.05. The molecular formula is C19H28N4O2. The van der Waals surface area contributed by atoms with Gasteiger partial charge in [-0.05, 0) is 52.0 Å². The van der Waals surface area contributed by atoms with Crippen molar-refractivity contribution in [2.75, 3.05) is 13.2 Å². The number of aryl methyl sites for hydroxylation is 1. The Hall–Kier alpha value is -1.95. The van der Waals surface area contributed by atoms with Gasteiger partial charge in [-0.25, -0.2) is 9.67 Å². The van der Waals surface area contributed by atoms with Crippen molar-refractivity contribution in [3.05, 3.63) is 23.5 Å². The standard InChI is InChI=1S/C19H28N4O2/c1-5-13(3)23-18-17(9-20-23)16(8-12(2)21-18)19(25)22-10-15(11-24)7-6-14(22)4/h8-9,13-15,24H,5-7,10-11H2,1-4H3. The average Bonchev–Trinajstić information content (AvgIpc) is 3.03. The molecule has 0 aromatic carbocycles. The molecule has 0 saturated carbocycles. The summed E-state index contributed by atoms with van der Waals surface area (Å²) in [5, 5.41) is 14.8. The Morgan fingerprint density at radius 2 is 2.20 bits per heavy atom. The number of hydrogen-bond acceptors (Lipinski definition) is 4. The Labute approximate surface area is 148 Å². The Morgan fingerprint density at radius 3 is 2.88 bits per heavy atom. The number of carbonyl (C=O) groups excluding carboxylic acids is 1. The number of likely N-dealkylation sites (tertiary alicyclic amines) is 1. The number of nitrogens with zero attached hydrogens (tertiary/aromatic N) is 4. The van der Waals surface area contributed by atoms with Gasteiger partial charge in [-0.3, -0.25) is 4.79 Å². The topological polar surface area (TPSA) is 71.2 Å². The zero-order chi connectivity index (χ0) is 18.1. The number of fused-ring (bicyclic) bond motifs is 1. The van der Waals surface area contributed by atoms with Gasteiger partial charge in [-0.1, -0.05) is 6.92 Å². The predicted molar refractivity (Wildman–Crippen MR) is 97.6 cm³/mol. The number of aliphatic hydroxyl groups is 1. The number of aliphatic hydroxyl groups excluding tert-OH is 1. The van der Waals surface area contributed by atoms with Crippen LogP contribution in [0.15, 0.2) is 12.3 Å². The van der Waals surface area contributed by atoms with Crippen LogP contribution in [0.5, 0.6) is 0 Å². The summed E-state index contributed by atoms with van der Waals surface area (Å²) in [4.78, 5) is 19.8. The molecule has 1 fully saturated rings. The van der Waals surface area contributed by atoms with E-state index in [1.165, 1.54) is 0 Å². The molecule has 3 atom stereocenters. The van der Waals surface area contributed by atoms with Crippen molar-refractivity contribution in [1.82, 2.24) is 19.7 Å². The Kier molecular flexibility index (Phi) is 5.08. The number of pyridine rings is 1. The van der Waals surface area contributed by atoms with E-state index in [4.69, 9.17) is 0 Å². The van der Waals surface area contributed by atoms with Crippen LogP contribution in [0.1, 0.15) is 62.1 Å². The fourth-order valence-electron chi connectivity index (χ4n) is 3.58. The first kappa shape index (κ1) is 17.9. The smallest absolute Gasteiger partial charge is 0.254 e. The zero-order valence-electron chi connectivity index (χ0n) is 15.6. The van der Waals surface area contributed by atoms with Crippen molar-refractivity contribution in [2.45, 2.75) is 59.0 Å². The van der Waals surface area contributed by atoms with Crippen molar-refractivity contribution < 1.29 is 9.90 Å².